The second-order valence-corrected chi connectivity index (χ2v) is 6.09. The van der Waals surface area contributed by atoms with Gasteiger partial charge in [-0.15, -0.1) is 5.10 Å². The Labute approximate surface area is 122 Å². The number of hydrogen-bond donors (Lipinski definition) is 2. The van der Waals surface area contributed by atoms with Crippen molar-refractivity contribution in [2.75, 3.05) is 13.1 Å². The number of amides is 1. The lowest BCUT2D eigenvalue weighted by Gasteiger charge is -2.38. The second kappa shape index (κ2) is 5.13. The lowest BCUT2D eigenvalue weighted by molar-refractivity contribution is -0.152. The van der Waals surface area contributed by atoms with E-state index in [1.54, 1.807) is 4.90 Å². The molecule has 1 aromatic rings. The number of H-pyrrole nitrogens is 1. The molecule has 0 bridgehead atoms. The number of rotatable bonds is 4. The molecule has 3 rings (SSSR count). The molecule has 1 saturated heterocycles. The van der Waals surface area contributed by atoms with E-state index in [0.717, 1.165) is 18.7 Å². The molecule has 2 heterocycles. The number of nitrogens with zero attached hydrogens (tertiary/aromatic N) is 3. The average Bonchev–Trinajstić information content (AvgIpc) is 3.24. The second-order valence-electron chi connectivity index (χ2n) is 6.09. The van der Waals surface area contributed by atoms with Crippen LogP contribution in [0.15, 0.2) is 0 Å². The molecule has 1 saturated carbocycles. The van der Waals surface area contributed by atoms with E-state index in [1.165, 1.54) is 0 Å². The summed E-state index contributed by atoms with van der Waals surface area (Å²) in [6.07, 6.45) is 4.01. The SMILES string of the molecule is CCC1(C(=O)O)CCCN(C(=O)c2n[nH]c(C3CC3)n2)C1. The minimum Gasteiger partial charge on any atom is -0.481 e. The first kappa shape index (κ1) is 14.0. The summed E-state index contributed by atoms with van der Waals surface area (Å²) in [5.41, 5.74) is -0.830. The smallest absolute Gasteiger partial charge is 0.311 e. The Morgan fingerprint density at radius 1 is 1.48 bits per heavy atom. The van der Waals surface area contributed by atoms with Crippen LogP contribution in [0.4, 0.5) is 0 Å². The van der Waals surface area contributed by atoms with Crippen molar-refractivity contribution < 1.29 is 14.7 Å². The van der Waals surface area contributed by atoms with Gasteiger partial charge in [-0.05, 0) is 32.1 Å². The van der Waals surface area contributed by atoms with Crippen molar-refractivity contribution in [3.05, 3.63) is 11.6 Å². The average molecular weight is 292 g/mol. The van der Waals surface area contributed by atoms with Gasteiger partial charge in [0.05, 0.1) is 5.41 Å². The van der Waals surface area contributed by atoms with Gasteiger partial charge in [-0.1, -0.05) is 6.92 Å². The van der Waals surface area contributed by atoms with E-state index in [-0.39, 0.29) is 18.3 Å². The molecule has 0 radical (unpaired) electrons. The summed E-state index contributed by atoms with van der Waals surface area (Å²) in [4.78, 5) is 29.9. The Kier molecular flexibility index (Phi) is 3.43. The molecule has 7 nitrogen and oxygen atoms in total. The number of piperidine rings is 1. The maximum Gasteiger partial charge on any atom is 0.311 e. The lowest BCUT2D eigenvalue weighted by atomic mass is 9.77. The maximum absolute atomic E-state index is 12.5. The molecule has 21 heavy (non-hydrogen) atoms. The van der Waals surface area contributed by atoms with E-state index in [2.05, 4.69) is 15.2 Å². The van der Waals surface area contributed by atoms with Gasteiger partial charge in [0.15, 0.2) is 0 Å². The van der Waals surface area contributed by atoms with E-state index in [9.17, 15) is 14.7 Å². The van der Waals surface area contributed by atoms with Crippen molar-refractivity contribution in [1.82, 2.24) is 20.1 Å². The number of carbonyl (C=O) groups excluding carboxylic acids is 1. The van der Waals surface area contributed by atoms with Gasteiger partial charge >= 0.3 is 5.97 Å². The maximum atomic E-state index is 12.5. The number of carboxylic acids is 1. The summed E-state index contributed by atoms with van der Waals surface area (Å²) in [5.74, 6) is 0.256. The summed E-state index contributed by atoms with van der Waals surface area (Å²) in [6.45, 7) is 2.67. The standard InChI is InChI=1S/C14H20N4O3/c1-2-14(13(20)21)6-3-7-18(8-14)12(19)11-15-10(16-17-11)9-4-5-9/h9H,2-8H2,1H3,(H,20,21)(H,15,16,17). The minimum atomic E-state index is -0.830. The number of aromatic amines is 1. The predicted molar refractivity (Wildman–Crippen MR) is 73.9 cm³/mol. The lowest BCUT2D eigenvalue weighted by Crippen LogP contribution is -2.49. The van der Waals surface area contributed by atoms with Gasteiger partial charge in [0, 0.05) is 19.0 Å². The molecule has 2 fully saturated rings. The van der Waals surface area contributed by atoms with E-state index in [4.69, 9.17) is 0 Å². The first-order chi connectivity index (χ1) is 10.1. The highest BCUT2D eigenvalue weighted by atomic mass is 16.4. The number of likely N-dealkylation sites (tertiary alicyclic amines) is 1. The highest BCUT2D eigenvalue weighted by molar-refractivity contribution is 5.91. The third kappa shape index (κ3) is 2.52. The van der Waals surface area contributed by atoms with E-state index < -0.39 is 11.4 Å². The van der Waals surface area contributed by atoms with Crippen LogP contribution in [0.1, 0.15) is 61.4 Å². The quantitative estimate of drug-likeness (QED) is 0.873. The summed E-state index contributed by atoms with van der Waals surface area (Å²) in [6, 6.07) is 0. The van der Waals surface area contributed by atoms with Crippen LogP contribution >= 0.6 is 0 Å². The minimum absolute atomic E-state index is 0.161. The highest BCUT2D eigenvalue weighted by Gasteiger charge is 2.43. The number of carboxylic acid groups (broad SMARTS) is 1. The summed E-state index contributed by atoms with van der Waals surface area (Å²) in [7, 11) is 0. The topological polar surface area (TPSA) is 99.2 Å². The first-order valence-electron chi connectivity index (χ1n) is 7.51. The molecule has 114 valence electrons. The van der Waals surface area contributed by atoms with Gasteiger partial charge < -0.3 is 10.0 Å². The van der Waals surface area contributed by atoms with E-state index in [0.29, 0.717) is 31.7 Å². The van der Waals surface area contributed by atoms with Crippen LogP contribution < -0.4 is 0 Å². The largest absolute Gasteiger partial charge is 0.481 e. The Balaban J connectivity index is 1.75. The van der Waals surface area contributed by atoms with Crippen LogP contribution in [0.3, 0.4) is 0 Å². The molecule has 1 aliphatic carbocycles. The van der Waals surface area contributed by atoms with Gasteiger partial charge in [0.2, 0.25) is 5.82 Å². The molecule has 7 heteroatoms. The fourth-order valence-corrected chi connectivity index (χ4v) is 2.97. The third-order valence-corrected chi connectivity index (χ3v) is 4.65. The van der Waals surface area contributed by atoms with Crippen LogP contribution in [0.25, 0.3) is 0 Å². The molecule has 1 aliphatic heterocycles. The summed E-state index contributed by atoms with van der Waals surface area (Å²) >= 11 is 0. The van der Waals surface area contributed by atoms with Crippen LogP contribution in [-0.4, -0.2) is 50.2 Å². The van der Waals surface area contributed by atoms with Crippen molar-refractivity contribution in [2.45, 2.75) is 44.9 Å². The molecule has 1 unspecified atom stereocenters. The Bertz CT molecular complexity index is 566. The summed E-state index contributed by atoms with van der Waals surface area (Å²) in [5, 5.41) is 16.3. The van der Waals surface area contributed by atoms with Gasteiger partial charge in [-0.2, -0.15) is 0 Å². The first-order valence-corrected chi connectivity index (χ1v) is 7.51. The van der Waals surface area contributed by atoms with Crippen LogP contribution in [-0.2, 0) is 4.79 Å². The molecule has 1 aromatic heterocycles. The van der Waals surface area contributed by atoms with Crippen molar-refractivity contribution in [2.24, 2.45) is 5.41 Å². The molecule has 2 aliphatic rings. The molecular weight excluding hydrogens is 272 g/mol. The third-order valence-electron chi connectivity index (χ3n) is 4.65. The van der Waals surface area contributed by atoms with Gasteiger partial charge in [-0.25, -0.2) is 4.98 Å². The molecule has 0 aromatic carbocycles. The van der Waals surface area contributed by atoms with Gasteiger partial charge in [-0.3, -0.25) is 14.7 Å². The van der Waals surface area contributed by atoms with Crippen LogP contribution in [0, 0.1) is 5.41 Å². The van der Waals surface area contributed by atoms with Gasteiger partial charge in [0.25, 0.3) is 5.91 Å². The number of nitrogens with one attached hydrogen (secondary N) is 1. The number of aliphatic carboxylic acids is 1. The number of hydrogen-bond acceptors (Lipinski definition) is 4. The molecule has 1 amide bonds. The van der Waals surface area contributed by atoms with E-state index in [1.807, 2.05) is 6.92 Å². The van der Waals surface area contributed by atoms with E-state index >= 15 is 0 Å². The zero-order chi connectivity index (χ0) is 15.0. The zero-order valence-corrected chi connectivity index (χ0v) is 12.1. The van der Waals surface area contributed by atoms with Crippen LogP contribution in [0.2, 0.25) is 0 Å². The van der Waals surface area contributed by atoms with Crippen molar-refractivity contribution in [3.8, 4) is 0 Å². The molecule has 0 spiro atoms. The Hall–Kier alpha value is -1.92. The van der Waals surface area contributed by atoms with Crippen molar-refractivity contribution in [1.29, 1.82) is 0 Å². The molecular formula is C14H20N4O3. The van der Waals surface area contributed by atoms with Crippen molar-refractivity contribution in [3.63, 3.8) is 0 Å². The fourth-order valence-electron chi connectivity index (χ4n) is 2.97. The fraction of sp³-hybridized carbons (Fsp3) is 0.714. The van der Waals surface area contributed by atoms with Crippen molar-refractivity contribution >= 4 is 11.9 Å². The molecule has 1 atom stereocenters. The van der Waals surface area contributed by atoms with Gasteiger partial charge in [0.1, 0.15) is 5.82 Å². The summed E-state index contributed by atoms with van der Waals surface area (Å²) < 4.78 is 0. The zero-order valence-electron chi connectivity index (χ0n) is 12.1. The number of carbonyl (C=O) groups is 2. The molecule has 2 N–H and O–H groups in total. The number of aromatic nitrogens is 3. The Morgan fingerprint density at radius 3 is 2.86 bits per heavy atom. The predicted octanol–water partition coefficient (Wildman–Crippen LogP) is 1.40. The normalized spacial score (nSPS) is 25.9. The Morgan fingerprint density at radius 2 is 2.24 bits per heavy atom. The van der Waals surface area contributed by atoms with Crippen LogP contribution in [0.5, 0.6) is 0 Å². The highest BCUT2D eigenvalue weighted by Crippen LogP contribution is 2.38. The monoisotopic (exact) mass is 292 g/mol.